The number of carbonyl (C=O) groups is 3. The smallest absolute Gasteiger partial charge is 0.329 e. The fourth-order valence-electron chi connectivity index (χ4n) is 4.58. The highest BCUT2D eigenvalue weighted by Crippen LogP contribution is 2.43. The monoisotopic (exact) mass is 560 g/mol. The van der Waals surface area contributed by atoms with Crippen LogP contribution in [0.1, 0.15) is 74.5 Å². The number of nitrogens with zero attached hydrogens (tertiary/aromatic N) is 1. The van der Waals surface area contributed by atoms with Crippen molar-refractivity contribution < 1.29 is 33.7 Å². The van der Waals surface area contributed by atoms with Crippen molar-refractivity contribution >= 4 is 29.4 Å². The molecule has 0 radical (unpaired) electrons. The van der Waals surface area contributed by atoms with E-state index in [1.807, 2.05) is 30.3 Å². The highest BCUT2D eigenvalue weighted by molar-refractivity contribution is 6.33. The molecule has 2 amide bonds. The number of ketones is 1. The lowest BCUT2D eigenvalue weighted by Crippen LogP contribution is -2.62. The number of benzene rings is 2. The predicted octanol–water partition coefficient (Wildman–Crippen LogP) is 5.64. The number of ether oxygens (including phenoxy) is 3. The molecule has 0 spiro atoms. The minimum absolute atomic E-state index is 0.161. The second kappa shape index (κ2) is 13.7. The zero-order valence-corrected chi connectivity index (χ0v) is 23.7. The van der Waals surface area contributed by atoms with E-state index in [4.69, 9.17) is 25.8 Å². The summed E-state index contributed by atoms with van der Waals surface area (Å²) < 4.78 is 17.4. The van der Waals surface area contributed by atoms with E-state index in [1.54, 1.807) is 26.8 Å². The van der Waals surface area contributed by atoms with E-state index < -0.39 is 23.6 Å². The Bertz CT molecular complexity index is 1170. The molecule has 1 aliphatic rings. The number of amides is 2. The average molecular weight is 561 g/mol. The predicted molar refractivity (Wildman–Crippen MR) is 148 cm³/mol. The van der Waals surface area contributed by atoms with Gasteiger partial charge in [-0.3, -0.25) is 4.79 Å². The number of carbonyl (C=O) groups excluding carboxylic acids is 2. The van der Waals surface area contributed by atoms with Crippen LogP contribution in [0.4, 0.5) is 4.79 Å². The minimum atomic E-state index is -1.30. The van der Waals surface area contributed by atoms with E-state index in [2.05, 4.69) is 5.32 Å². The minimum Gasteiger partial charge on any atom is -0.493 e. The maximum atomic E-state index is 13.6. The van der Waals surface area contributed by atoms with Crippen molar-refractivity contribution in [2.24, 2.45) is 0 Å². The third-order valence-electron chi connectivity index (χ3n) is 6.88. The first kappa shape index (κ1) is 30.2. The molecular weight excluding hydrogens is 524 g/mol. The first-order valence-corrected chi connectivity index (χ1v) is 13.6. The molecule has 9 nitrogen and oxygen atoms in total. The van der Waals surface area contributed by atoms with Gasteiger partial charge in [-0.05, 0) is 58.6 Å². The summed E-state index contributed by atoms with van der Waals surface area (Å²) in [4.78, 5) is 39.5. The number of urea groups is 1. The number of carboxylic acid groups (broad SMARTS) is 1. The number of hydrogen-bond acceptors (Lipinski definition) is 6. The van der Waals surface area contributed by atoms with Gasteiger partial charge in [0.2, 0.25) is 0 Å². The summed E-state index contributed by atoms with van der Waals surface area (Å²) in [6.07, 6.45) is 1.44. The molecule has 0 heterocycles. The van der Waals surface area contributed by atoms with Gasteiger partial charge in [-0.1, -0.05) is 41.9 Å². The Morgan fingerprint density at radius 3 is 2.33 bits per heavy atom. The van der Waals surface area contributed by atoms with Crippen molar-refractivity contribution in [3.63, 3.8) is 0 Å². The number of rotatable bonds is 14. The number of halogens is 1. The van der Waals surface area contributed by atoms with E-state index in [0.29, 0.717) is 37.4 Å². The third-order valence-corrected chi connectivity index (χ3v) is 7.27. The van der Waals surface area contributed by atoms with Gasteiger partial charge in [-0.25, -0.2) is 9.59 Å². The molecule has 0 bridgehead atoms. The lowest BCUT2D eigenvalue weighted by Gasteiger charge is -2.41. The Balaban J connectivity index is 1.94. The fourth-order valence-corrected chi connectivity index (χ4v) is 4.94. The maximum absolute atomic E-state index is 13.6. The largest absolute Gasteiger partial charge is 0.493 e. The molecule has 39 heavy (non-hydrogen) atoms. The number of Topliss-reactive ketones (excluding diaryl/α,β-unsaturated/α-hetero) is 1. The topological polar surface area (TPSA) is 114 Å². The number of hydrogen-bond donors (Lipinski definition) is 2. The molecule has 10 heteroatoms. The normalized spacial score (nSPS) is 14.6. The number of nitrogens with one attached hydrogen (secondary N) is 1. The molecule has 1 saturated carbocycles. The SMILES string of the molecule is CCOc1cc(C(C)N(CCOCc2ccccc2)C(=O)NC2(C(=O)O)CCC2)c(Cl)c(OCC)c1C(C)=O. The lowest BCUT2D eigenvalue weighted by molar-refractivity contribution is -0.148. The van der Waals surface area contributed by atoms with E-state index in [0.717, 1.165) is 12.0 Å². The molecule has 2 aromatic carbocycles. The van der Waals surface area contributed by atoms with Crippen molar-refractivity contribution in [2.75, 3.05) is 26.4 Å². The lowest BCUT2D eigenvalue weighted by atomic mass is 9.77. The summed E-state index contributed by atoms with van der Waals surface area (Å²) in [5.41, 5.74) is 0.437. The van der Waals surface area contributed by atoms with Gasteiger partial charge >= 0.3 is 12.0 Å². The van der Waals surface area contributed by atoms with E-state index in [1.165, 1.54) is 11.8 Å². The van der Waals surface area contributed by atoms with Gasteiger partial charge in [0.15, 0.2) is 11.5 Å². The van der Waals surface area contributed by atoms with Crippen LogP contribution in [0.25, 0.3) is 0 Å². The average Bonchev–Trinajstić information content (AvgIpc) is 2.88. The fraction of sp³-hybridized carbons (Fsp3) is 0.483. The molecule has 2 aromatic rings. The van der Waals surface area contributed by atoms with Crippen LogP contribution in [0.2, 0.25) is 5.02 Å². The van der Waals surface area contributed by atoms with Crippen molar-refractivity contribution in [3.8, 4) is 11.5 Å². The van der Waals surface area contributed by atoms with Crippen molar-refractivity contribution in [1.82, 2.24) is 10.2 Å². The molecule has 3 rings (SSSR count). The van der Waals surface area contributed by atoms with Crippen LogP contribution in [0.3, 0.4) is 0 Å². The zero-order valence-electron chi connectivity index (χ0n) is 22.9. The molecule has 1 fully saturated rings. The van der Waals surface area contributed by atoms with Gasteiger partial charge in [0.1, 0.15) is 16.9 Å². The molecule has 1 unspecified atom stereocenters. The second-order valence-electron chi connectivity index (χ2n) is 9.48. The van der Waals surface area contributed by atoms with Crippen LogP contribution < -0.4 is 14.8 Å². The standard InChI is InChI=1S/C29H37ClN2O7/c1-5-38-23-17-22(25(30)26(39-6-2)24(23)20(4)33)19(3)32(15-16-37-18-21-11-8-7-9-12-21)28(36)31-29(27(34)35)13-10-14-29/h7-9,11-12,17,19H,5-6,10,13-16,18H2,1-4H3,(H,31,36)(H,34,35). The summed E-state index contributed by atoms with van der Waals surface area (Å²) >= 11 is 6.80. The van der Waals surface area contributed by atoms with Gasteiger partial charge in [0.05, 0.1) is 37.5 Å². The maximum Gasteiger partial charge on any atom is 0.329 e. The van der Waals surface area contributed by atoms with Gasteiger partial charge < -0.3 is 29.5 Å². The van der Waals surface area contributed by atoms with Crippen LogP contribution in [-0.2, 0) is 16.1 Å². The van der Waals surface area contributed by atoms with Crippen LogP contribution >= 0.6 is 11.6 Å². The van der Waals surface area contributed by atoms with Crippen LogP contribution in [-0.4, -0.2) is 59.7 Å². The van der Waals surface area contributed by atoms with Crippen LogP contribution in [0.5, 0.6) is 11.5 Å². The molecule has 2 N–H and O–H groups in total. The summed E-state index contributed by atoms with van der Waals surface area (Å²) in [6, 6.07) is 10.1. The Morgan fingerprint density at radius 2 is 1.79 bits per heavy atom. The second-order valence-corrected chi connectivity index (χ2v) is 9.86. The Kier molecular flexibility index (Phi) is 10.6. The number of carboxylic acids is 1. The quantitative estimate of drug-likeness (QED) is 0.227. The van der Waals surface area contributed by atoms with Crippen LogP contribution in [0.15, 0.2) is 36.4 Å². The summed E-state index contributed by atoms with van der Waals surface area (Å²) in [7, 11) is 0. The zero-order chi connectivity index (χ0) is 28.6. The van der Waals surface area contributed by atoms with Crippen molar-refractivity contribution in [3.05, 3.63) is 58.1 Å². The molecular formula is C29H37ClN2O7. The third kappa shape index (κ3) is 7.02. The molecule has 0 saturated heterocycles. The molecule has 0 aromatic heterocycles. The molecule has 0 aliphatic heterocycles. The first-order valence-electron chi connectivity index (χ1n) is 13.2. The van der Waals surface area contributed by atoms with Gasteiger partial charge in [0.25, 0.3) is 0 Å². The molecule has 212 valence electrons. The highest BCUT2D eigenvalue weighted by atomic mass is 35.5. The Labute approximate surface area is 234 Å². The molecule has 1 atom stereocenters. The summed E-state index contributed by atoms with van der Waals surface area (Å²) in [5, 5.41) is 12.7. The van der Waals surface area contributed by atoms with Gasteiger partial charge in [-0.15, -0.1) is 0 Å². The van der Waals surface area contributed by atoms with Gasteiger partial charge in [0, 0.05) is 12.1 Å². The Hall–Kier alpha value is -3.30. The summed E-state index contributed by atoms with van der Waals surface area (Å²) in [6.45, 7) is 8.07. The number of aliphatic carboxylic acids is 1. The first-order chi connectivity index (χ1) is 18.6. The van der Waals surface area contributed by atoms with E-state index >= 15 is 0 Å². The van der Waals surface area contributed by atoms with E-state index in [-0.39, 0.29) is 41.9 Å². The summed E-state index contributed by atoms with van der Waals surface area (Å²) in [5.74, 6) is -0.820. The van der Waals surface area contributed by atoms with Crippen molar-refractivity contribution in [1.29, 1.82) is 0 Å². The van der Waals surface area contributed by atoms with Gasteiger partial charge in [-0.2, -0.15) is 0 Å². The van der Waals surface area contributed by atoms with Crippen LogP contribution in [0, 0.1) is 0 Å². The Morgan fingerprint density at radius 1 is 1.13 bits per heavy atom. The highest BCUT2D eigenvalue weighted by Gasteiger charge is 2.46. The van der Waals surface area contributed by atoms with Crippen molar-refractivity contribution in [2.45, 2.75) is 65.1 Å². The van der Waals surface area contributed by atoms with E-state index in [9.17, 15) is 19.5 Å². The molecule has 1 aliphatic carbocycles.